The fourth-order valence-corrected chi connectivity index (χ4v) is 3.97. The van der Waals surface area contributed by atoms with Crippen LogP contribution >= 0.6 is 0 Å². The summed E-state index contributed by atoms with van der Waals surface area (Å²) in [6.07, 6.45) is 6.13. The Balaban J connectivity index is 1.42. The van der Waals surface area contributed by atoms with Crippen LogP contribution in [-0.4, -0.2) is 45.9 Å². The molecular weight excluding hydrogens is 370 g/mol. The minimum Gasteiger partial charge on any atom is -0.476 e. The van der Waals surface area contributed by atoms with Crippen LogP contribution in [0.1, 0.15) is 58.5 Å². The number of benzene rings is 1. The van der Waals surface area contributed by atoms with Crippen LogP contribution in [-0.2, 0) is 10.2 Å². The summed E-state index contributed by atoms with van der Waals surface area (Å²) in [6.45, 7) is 1.65. The average molecular weight is 393 g/mol. The van der Waals surface area contributed by atoms with Crippen LogP contribution in [0.3, 0.4) is 0 Å². The number of nitrogens with zero attached hydrogens (tertiary/aromatic N) is 2. The van der Waals surface area contributed by atoms with Crippen molar-refractivity contribution in [3.8, 4) is 0 Å². The lowest BCUT2D eigenvalue weighted by atomic mass is 9.91. The van der Waals surface area contributed by atoms with E-state index in [4.69, 9.17) is 0 Å². The minimum atomic E-state index is -1.19. The first-order valence-corrected chi connectivity index (χ1v) is 9.86. The van der Waals surface area contributed by atoms with Gasteiger partial charge in [-0.25, -0.2) is 9.78 Å². The van der Waals surface area contributed by atoms with Gasteiger partial charge in [0.2, 0.25) is 5.91 Å². The number of hydrogen-bond acceptors (Lipinski definition) is 4. The van der Waals surface area contributed by atoms with Gasteiger partial charge in [-0.1, -0.05) is 12.1 Å². The van der Waals surface area contributed by atoms with Crippen molar-refractivity contribution in [1.29, 1.82) is 0 Å². The van der Waals surface area contributed by atoms with Crippen molar-refractivity contribution in [3.05, 3.63) is 59.4 Å². The van der Waals surface area contributed by atoms with Crippen molar-refractivity contribution < 1.29 is 19.5 Å². The summed E-state index contributed by atoms with van der Waals surface area (Å²) in [6, 6.07) is 10.6. The van der Waals surface area contributed by atoms with Gasteiger partial charge in [0.25, 0.3) is 5.91 Å². The van der Waals surface area contributed by atoms with E-state index in [0.29, 0.717) is 12.0 Å². The maximum atomic E-state index is 12.5. The second kappa shape index (κ2) is 7.66. The van der Waals surface area contributed by atoms with Gasteiger partial charge in [-0.3, -0.25) is 9.59 Å². The molecule has 0 bridgehead atoms. The summed E-state index contributed by atoms with van der Waals surface area (Å²) in [5, 5.41) is 11.8. The van der Waals surface area contributed by atoms with E-state index in [1.54, 1.807) is 18.2 Å². The number of carbonyl (C=O) groups is 3. The van der Waals surface area contributed by atoms with Gasteiger partial charge in [0.15, 0.2) is 5.69 Å². The quantitative estimate of drug-likeness (QED) is 0.753. The highest BCUT2D eigenvalue weighted by Crippen LogP contribution is 2.51. The number of hydrogen-bond donors (Lipinski definition) is 2. The molecule has 2 aromatic rings. The van der Waals surface area contributed by atoms with Gasteiger partial charge in [0.1, 0.15) is 0 Å². The van der Waals surface area contributed by atoms with Gasteiger partial charge in [0.05, 0.1) is 5.69 Å². The Morgan fingerprint density at radius 3 is 2.55 bits per heavy atom. The van der Waals surface area contributed by atoms with Gasteiger partial charge >= 0.3 is 5.97 Å². The number of nitrogens with one attached hydrogen (secondary N) is 1. The van der Waals surface area contributed by atoms with Crippen LogP contribution in [0.2, 0.25) is 0 Å². The highest BCUT2D eigenvalue weighted by molar-refractivity contribution is 6.07. The van der Waals surface area contributed by atoms with E-state index in [9.17, 15) is 19.5 Å². The zero-order valence-electron chi connectivity index (χ0n) is 16.1. The summed E-state index contributed by atoms with van der Waals surface area (Å²) in [5.41, 5.74) is 1.74. The van der Waals surface area contributed by atoms with E-state index in [-0.39, 0.29) is 28.6 Å². The van der Waals surface area contributed by atoms with E-state index >= 15 is 0 Å². The molecule has 4 rings (SSSR count). The van der Waals surface area contributed by atoms with Crippen LogP contribution in [0.15, 0.2) is 42.6 Å². The number of amides is 2. The Bertz CT molecular complexity index is 951. The van der Waals surface area contributed by atoms with Gasteiger partial charge in [0, 0.05) is 31.3 Å². The lowest BCUT2D eigenvalue weighted by Gasteiger charge is -2.21. The van der Waals surface area contributed by atoms with Crippen LogP contribution in [0, 0.1) is 0 Å². The zero-order chi connectivity index (χ0) is 20.4. The van der Waals surface area contributed by atoms with E-state index in [1.807, 2.05) is 17.0 Å². The van der Waals surface area contributed by atoms with Crippen molar-refractivity contribution in [2.45, 2.75) is 37.5 Å². The third kappa shape index (κ3) is 3.99. The number of carboxylic acid groups (broad SMARTS) is 1. The fourth-order valence-electron chi connectivity index (χ4n) is 3.97. The fraction of sp³-hybridized carbons (Fsp3) is 0.364. The Morgan fingerprint density at radius 2 is 1.93 bits per heavy atom. The number of aromatic nitrogens is 1. The lowest BCUT2D eigenvalue weighted by Crippen LogP contribution is -2.28. The van der Waals surface area contributed by atoms with Crippen LogP contribution in [0.5, 0.6) is 0 Å². The number of pyridine rings is 1. The second-order valence-corrected chi connectivity index (χ2v) is 7.75. The molecule has 29 heavy (non-hydrogen) atoms. The standard InChI is InChI=1S/C22H23N3O4/c26-18-4-2-13-25(18)14-11-22(9-10-22)16-7-5-15(6-8-16)20(27)24-17-3-1-12-23-19(17)21(28)29/h1,3,5-8,12H,2,4,9-11,13-14H2,(H,24,27)(H,28,29). The molecule has 2 aliphatic rings. The predicted octanol–water partition coefficient (Wildman–Crippen LogP) is 3.08. The number of rotatable bonds is 7. The normalized spacial score (nSPS) is 17.2. The number of anilines is 1. The highest BCUT2D eigenvalue weighted by Gasteiger charge is 2.44. The topological polar surface area (TPSA) is 99.6 Å². The molecule has 7 heteroatoms. The van der Waals surface area contributed by atoms with Crippen molar-refractivity contribution in [2.24, 2.45) is 0 Å². The average Bonchev–Trinajstić information content (AvgIpc) is 3.41. The van der Waals surface area contributed by atoms with E-state index in [1.165, 1.54) is 17.8 Å². The molecule has 0 unspecified atom stereocenters. The zero-order valence-corrected chi connectivity index (χ0v) is 16.1. The van der Waals surface area contributed by atoms with Gasteiger partial charge in [-0.15, -0.1) is 0 Å². The predicted molar refractivity (Wildman–Crippen MR) is 107 cm³/mol. The van der Waals surface area contributed by atoms with Crippen LogP contribution < -0.4 is 5.32 Å². The first-order chi connectivity index (χ1) is 14.0. The third-order valence-corrected chi connectivity index (χ3v) is 5.90. The van der Waals surface area contributed by atoms with Crippen LogP contribution in [0.25, 0.3) is 0 Å². The molecule has 1 aromatic heterocycles. The molecule has 0 atom stereocenters. The minimum absolute atomic E-state index is 0.109. The maximum Gasteiger partial charge on any atom is 0.356 e. The van der Waals surface area contributed by atoms with Crippen molar-refractivity contribution in [3.63, 3.8) is 0 Å². The molecule has 1 aromatic carbocycles. The largest absolute Gasteiger partial charge is 0.476 e. The molecule has 7 nitrogen and oxygen atoms in total. The van der Waals surface area contributed by atoms with Crippen LogP contribution in [0.4, 0.5) is 5.69 Å². The number of carboxylic acids is 1. The molecule has 1 aliphatic heterocycles. The van der Waals surface area contributed by atoms with E-state index in [2.05, 4.69) is 10.3 Å². The molecule has 2 N–H and O–H groups in total. The third-order valence-electron chi connectivity index (χ3n) is 5.90. The summed E-state index contributed by atoms with van der Waals surface area (Å²) >= 11 is 0. The number of carbonyl (C=O) groups excluding carboxylic acids is 2. The molecule has 0 radical (unpaired) electrons. The SMILES string of the molecule is O=C(Nc1cccnc1C(=O)O)c1ccc(C2(CCN3CCCC3=O)CC2)cc1. The summed E-state index contributed by atoms with van der Waals surface area (Å²) < 4.78 is 0. The number of likely N-dealkylation sites (tertiary alicyclic amines) is 1. The second-order valence-electron chi connectivity index (χ2n) is 7.75. The molecule has 1 aliphatic carbocycles. The first-order valence-electron chi connectivity index (χ1n) is 9.86. The first kappa shape index (κ1) is 19.1. The molecule has 2 heterocycles. The monoisotopic (exact) mass is 393 g/mol. The summed E-state index contributed by atoms with van der Waals surface area (Å²) in [5.74, 6) is -1.31. The molecular formula is C22H23N3O4. The molecule has 150 valence electrons. The van der Waals surface area contributed by atoms with E-state index in [0.717, 1.165) is 38.8 Å². The van der Waals surface area contributed by atoms with Crippen molar-refractivity contribution >= 4 is 23.5 Å². The summed E-state index contributed by atoms with van der Waals surface area (Å²) in [7, 11) is 0. The Kier molecular flexibility index (Phi) is 5.05. The number of aromatic carboxylic acids is 1. The molecule has 1 saturated carbocycles. The Morgan fingerprint density at radius 1 is 1.17 bits per heavy atom. The molecule has 2 amide bonds. The van der Waals surface area contributed by atoms with Crippen molar-refractivity contribution in [1.82, 2.24) is 9.88 Å². The molecule has 0 spiro atoms. The van der Waals surface area contributed by atoms with Gasteiger partial charge in [-0.2, -0.15) is 0 Å². The Labute approximate surface area is 168 Å². The van der Waals surface area contributed by atoms with Crippen molar-refractivity contribution in [2.75, 3.05) is 18.4 Å². The lowest BCUT2D eigenvalue weighted by molar-refractivity contribution is -0.127. The summed E-state index contributed by atoms with van der Waals surface area (Å²) in [4.78, 5) is 41.3. The highest BCUT2D eigenvalue weighted by atomic mass is 16.4. The smallest absolute Gasteiger partial charge is 0.356 e. The van der Waals surface area contributed by atoms with Gasteiger partial charge < -0.3 is 15.3 Å². The van der Waals surface area contributed by atoms with Gasteiger partial charge in [-0.05, 0) is 60.9 Å². The van der Waals surface area contributed by atoms with E-state index < -0.39 is 5.97 Å². The maximum absolute atomic E-state index is 12.5. The molecule has 1 saturated heterocycles. The molecule has 2 fully saturated rings. The Hall–Kier alpha value is -3.22.